The van der Waals surface area contributed by atoms with E-state index in [0.29, 0.717) is 46.3 Å². The Hall–Kier alpha value is -1.56. The van der Waals surface area contributed by atoms with Gasteiger partial charge in [-0.15, -0.1) is 0 Å². The topological polar surface area (TPSA) is 0 Å². The van der Waals surface area contributed by atoms with Crippen molar-refractivity contribution in [3.05, 3.63) is 68.8 Å². The molecule has 0 aromatic heterocycles. The summed E-state index contributed by atoms with van der Waals surface area (Å²) < 4.78 is 0. The molecule has 8 unspecified atom stereocenters. The Balaban J connectivity index is 1.89. The Morgan fingerprint density at radius 3 is 0.983 bits per heavy atom. The van der Waals surface area contributed by atoms with Gasteiger partial charge in [0.2, 0.25) is 0 Å². The van der Waals surface area contributed by atoms with Crippen molar-refractivity contribution >= 4 is 0 Å². The maximum atomic E-state index is 2.70. The van der Waals surface area contributed by atoms with Crippen molar-refractivity contribution in [2.75, 3.05) is 0 Å². The van der Waals surface area contributed by atoms with Crippen LogP contribution < -0.4 is 0 Å². The van der Waals surface area contributed by atoms with Crippen molar-refractivity contribution in [3.8, 4) is 0 Å². The Bertz CT molecular complexity index is 1600. The molecule has 328 valence electrons. The molecule has 0 heteroatoms. The van der Waals surface area contributed by atoms with E-state index in [2.05, 4.69) is 177 Å². The van der Waals surface area contributed by atoms with Crippen LogP contribution >= 0.6 is 0 Å². The molecule has 5 rings (SSSR count). The maximum absolute atomic E-state index is 2.70. The third-order valence-corrected chi connectivity index (χ3v) is 18.5. The number of hydrogen-bond acceptors (Lipinski definition) is 0. The van der Waals surface area contributed by atoms with Gasteiger partial charge in [0.25, 0.3) is 0 Å². The highest BCUT2D eigenvalue weighted by atomic mass is 14.6. The lowest BCUT2D eigenvalue weighted by Crippen LogP contribution is -2.50. The van der Waals surface area contributed by atoms with Crippen LogP contribution in [0.4, 0.5) is 0 Å². The summed E-state index contributed by atoms with van der Waals surface area (Å²) in [6, 6.07) is 10.6. The highest BCUT2D eigenvalue weighted by Crippen LogP contribution is 2.61. The third-order valence-electron chi connectivity index (χ3n) is 18.5. The molecule has 0 radical (unpaired) electrons. The first-order valence-electron chi connectivity index (χ1n) is 24.5. The fourth-order valence-electron chi connectivity index (χ4n) is 13.0. The van der Waals surface area contributed by atoms with E-state index in [4.69, 9.17) is 0 Å². The van der Waals surface area contributed by atoms with Crippen LogP contribution in [-0.2, 0) is 30.1 Å². The van der Waals surface area contributed by atoms with Crippen LogP contribution in [0.15, 0.2) is 24.3 Å². The fraction of sp³-hybridized carbons (Fsp3) is 0.793. The summed E-state index contributed by atoms with van der Waals surface area (Å²) in [5.74, 6) is 7.05. The summed E-state index contributed by atoms with van der Waals surface area (Å²) in [6.07, 6.45) is 10.4. The zero-order valence-corrected chi connectivity index (χ0v) is 42.7. The van der Waals surface area contributed by atoms with Gasteiger partial charge in [-0.2, -0.15) is 0 Å². The predicted octanol–water partition coefficient (Wildman–Crippen LogP) is 17.0. The highest BCUT2D eigenvalue weighted by molar-refractivity contribution is 5.48. The van der Waals surface area contributed by atoms with Gasteiger partial charge in [0.05, 0.1) is 0 Å². The minimum atomic E-state index is 0.102. The molecule has 3 aliphatic carbocycles. The van der Waals surface area contributed by atoms with E-state index >= 15 is 0 Å². The molecule has 2 fully saturated rings. The van der Waals surface area contributed by atoms with Gasteiger partial charge in [0, 0.05) is 0 Å². The number of hydrogen-bond donors (Lipinski definition) is 0. The van der Waals surface area contributed by atoms with E-state index in [0.717, 1.165) is 30.1 Å². The molecule has 2 saturated carbocycles. The Morgan fingerprint density at radius 2 is 0.707 bits per heavy atom. The molecule has 8 bridgehead atoms. The second-order valence-electron chi connectivity index (χ2n) is 27.3. The second-order valence-corrected chi connectivity index (χ2v) is 27.3. The number of fused-ring (bicyclic) bond motifs is 8. The molecule has 0 spiro atoms. The largest absolute Gasteiger partial charge is 0.0623 e. The van der Waals surface area contributed by atoms with Crippen LogP contribution in [0.5, 0.6) is 0 Å². The predicted molar refractivity (Wildman–Crippen MR) is 257 cm³/mol. The molecule has 58 heavy (non-hydrogen) atoms. The van der Waals surface area contributed by atoms with Gasteiger partial charge >= 0.3 is 0 Å². The summed E-state index contributed by atoms with van der Waals surface area (Å²) in [4.78, 5) is 0. The Labute approximate surface area is 362 Å². The smallest absolute Gasteiger partial charge is 0.00201 e. The summed E-state index contributed by atoms with van der Waals surface area (Å²) in [5, 5.41) is 0. The van der Waals surface area contributed by atoms with Crippen LogP contribution in [0, 0.1) is 94.7 Å². The molecule has 2 aromatic rings. The number of rotatable bonds is 4. The normalized spacial score (nSPS) is 28.3. The number of benzene rings is 2. The monoisotopic (exact) mass is 793 g/mol. The molecular formula is C58H96. The molecule has 0 aliphatic heterocycles. The van der Waals surface area contributed by atoms with E-state index in [-0.39, 0.29) is 21.7 Å². The molecule has 3 aliphatic rings. The lowest BCUT2D eigenvalue weighted by Gasteiger charge is -2.58. The van der Waals surface area contributed by atoms with Crippen molar-refractivity contribution in [1.29, 1.82) is 0 Å². The first-order valence-corrected chi connectivity index (χ1v) is 24.5. The van der Waals surface area contributed by atoms with Crippen molar-refractivity contribution in [1.82, 2.24) is 0 Å². The minimum absolute atomic E-state index is 0.102. The van der Waals surface area contributed by atoms with Crippen LogP contribution in [0.1, 0.15) is 215 Å². The van der Waals surface area contributed by atoms with E-state index in [1.807, 2.05) is 0 Å². The van der Waals surface area contributed by atoms with Crippen molar-refractivity contribution in [2.24, 2.45) is 80.8 Å². The summed E-state index contributed by atoms with van der Waals surface area (Å²) >= 11 is 0. The van der Waals surface area contributed by atoms with Crippen molar-refractivity contribution < 1.29 is 0 Å². The molecule has 0 heterocycles. The second kappa shape index (κ2) is 16.3. The van der Waals surface area contributed by atoms with E-state index in [1.165, 1.54) is 56.1 Å². The van der Waals surface area contributed by atoms with Gasteiger partial charge in [0.15, 0.2) is 0 Å². The zero-order valence-electron chi connectivity index (χ0n) is 42.7. The van der Waals surface area contributed by atoms with Crippen LogP contribution in [0.25, 0.3) is 0 Å². The average molecular weight is 793 g/mol. The summed E-state index contributed by atoms with van der Waals surface area (Å²) in [6.45, 7) is 56.1. The molecule has 0 N–H and O–H groups in total. The van der Waals surface area contributed by atoms with Gasteiger partial charge in [-0.25, -0.2) is 0 Å². The average Bonchev–Trinajstić information content (AvgIpc) is 3.05. The lowest BCUT2D eigenvalue weighted by molar-refractivity contribution is -0.0812. The van der Waals surface area contributed by atoms with Crippen LogP contribution in [0.3, 0.4) is 0 Å². The van der Waals surface area contributed by atoms with Crippen molar-refractivity contribution in [3.63, 3.8) is 0 Å². The van der Waals surface area contributed by atoms with E-state index in [9.17, 15) is 0 Å². The van der Waals surface area contributed by atoms with Gasteiger partial charge in [-0.05, 0) is 201 Å². The molecule has 0 amide bonds. The highest BCUT2D eigenvalue weighted by Gasteiger charge is 2.53. The van der Waals surface area contributed by atoms with Crippen molar-refractivity contribution in [2.45, 2.75) is 215 Å². The quantitative estimate of drug-likeness (QED) is 0.289. The SMILES string of the molecule is Cc1c2cc(C(C)(C)C)cc1CC1CC(C(C)(C)C)CC(CC3CC(C(C)(C)C)CC(Cc4cc(C(C)(C)C)cc(c4C)C2)C3C(C)(C)C(C)C)C1C(C)(C)C(C)C. The fourth-order valence-corrected chi connectivity index (χ4v) is 13.0. The van der Waals surface area contributed by atoms with E-state index < -0.39 is 0 Å². The zero-order chi connectivity index (χ0) is 43.9. The Kier molecular flexibility index (Phi) is 13.3. The third kappa shape index (κ3) is 9.72. The molecule has 0 saturated heterocycles. The lowest BCUT2D eigenvalue weighted by atomic mass is 9.47. The van der Waals surface area contributed by atoms with E-state index in [1.54, 1.807) is 33.4 Å². The molecule has 0 nitrogen and oxygen atoms in total. The van der Waals surface area contributed by atoms with Gasteiger partial charge in [-0.3, -0.25) is 0 Å². The first kappa shape index (κ1) is 47.5. The van der Waals surface area contributed by atoms with Gasteiger partial charge in [-0.1, -0.05) is 163 Å². The van der Waals surface area contributed by atoms with Gasteiger partial charge < -0.3 is 0 Å². The minimum Gasteiger partial charge on any atom is -0.0623 e. The molecule has 2 aromatic carbocycles. The summed E-state index contributed by atoms with van der Waals surface area (Å²) in [5.41, 5.74) is 14.0. The first-order chi connectivity index (χ1) is 26.2. The van der Waals surface area contributed by atoms with Gasteiger partial charge in [0.1, 0.15) is 0 Å². The Morgan fingerprint density at radius 1 is 0.414 bits per heavy atom. The standard InChI is InChI=1S/C58H96/c1-35(2)57(19,20)51-43-24-41-29-47(53(7,8)9)27-39(37(41)5)23-40-28-48(54(10,11)12)30-42(38(40)6)25-44-32-50(56(16,17)18)34-46(52(44)58(21,22)36(3)4)26-45(51)33-49(31-43)55(13,14)15/h27-30,35-36,43-46,49-52H,23-26,31-34H2,1-22H3. The van der Waals surface area contributed by atoms with Crippen LogP contribution in [-0.4, -0.2) is 0 Å². The van der Waals surface area contributed by atoms with Crippen LogP contribution in [0.2, 0.25) is 0 Å². The molecule has 8 atom stereocenters. The maximum Gasteiger partial charge on any atom is -0.00201 e. The molecular weight excluding hydrogens is 697 g/mol. The summed E-state index contributed by atoms with van der Waals surface area (Å²) in [7, 11) is 0.